The second kappa shape index (κ2) is 21.0. The maximum absolute atomic E-state index is 3.92. The topological polar surface area (TPSA) is 0 Å². The third-order valence-electron chi connectivity index (χ3n) is 5.42. The molecule has 0 N–H and O–H groups in total. The first-order valence-electron chi connectivity index (χ1n) is 11.9. The zero-order valence-corrected chi connectivity index (χ0v) is 18.5. The molecule has 0 bridgehead atoms. The Labute approximate surface area is 167 Å². The van der Waals surface area contributed by atoms with Crippen LogP contribution >= 0.6 is 0 Å². The molecule has 1 atom stereocenters. The molecule has 0 saturated carbocycles. The van der Waals surface area contributed by atoms with Crippen molar-refractivity contribution < 1.29 is 0 Å². The molecule has 0 aliphatic heterocycles. The van der Waals surface area contributed by atoms with Gasteiger partial charge in [0.2, 0.25) is 0 Å². The maximum atomic E-state index is 3.92. The highest BCUT2D eigenvalue weighted by atomic mass is 14.1. The SMILES string of the molecule is [CH2]CCCCCC/C=C/CC(CCCCCCCCCC[CH2])CC(C)C. The average Bonchev–Trinajstić information content (AvgIpc) is 2.61. The first kappa shape index (κ1) is 25.7. The lowest BCUT2D eigenvalue weighted by Gasteiger charge is -2.17. The van der Waals surface area contributed by atoms with Gasteiger partial charge in [0.25, 0.3) is 0 Å². The summed E-state index contributed by atoms with van der Waals surface area (Å²) in [6.07, 6.45) is 29.3. The summed E-state index contributed by atoms with van der Waals surface area (Å²) in [5, 5.41) is 0. The van der Waals surface area contributed by atoms with E-state index in [1.165, 1.54) is 103 Å². The second-order valence-corrected chi connectivity index (χ2v) is 8.73. The Morgan fingerprint density at radius 1 is 0.615 bits per heavy atom. The summed E-state index contributed by atoms with van der Waals surface area (Å²) < 4.78 is 0. The predicted octanol–water partition coefficient (Wildman–Crippen LogP) is 9.50. The first-order chi connectivity index (χ1) is 12.7. The summed E-state index contributed by atoms with van der Waals surface area (Å²) in [4.78, 5) is 0. The van der Waals surface area contributed by atoms with Gasteiger partial charge >= 0.3 is 0 Å². The fourth-order valence-corrected chi connectivity index (χ4v) is 3.87. The van der Waals surface area contributed by atoms with E-state index in [1.807, 2.05) is 0 Å². The van der Waals surface area contributed by atoms with E-state index in [2.05, 4.69) is 39.8 Å². The highest BCUT2D eigenvalue weighted by molar-refractivity contribution is 4.84. The Bertz CT molecular complexity index is 276. The second-order valence-electron chi connectivity index (χ2n) is 8.73. The number of hydrogen-bond donors (Lipinski definition) is 0. The Balaban J connectivity index is 3.68. The minimum absolute atomic E-state index is 0.837. The molecule has 0 spiro atoms. The van der Waals surface area contributed by atoms with Gasteiger partial charge < -0.3 is 0 Å². The van der Waals surface area contributed by atoms with Gasteiger partial charge in [0, 0.05) is 0 Å². The first-order valence-corrected chi connectivity index (χ1v) is 11.9. The molecule has 0 nitrogen and oxygen atoms in total. The molecule has 0 aliphatic rings. The zero-order chi connectivity index (χ0) is 19.3. The van der Waals surface area contributed by atoms with E-state index >= 15 is 0 Å². The van der Waals surface area contributed by atoms with E-state index in [-0.39, 0.29) is 0 Å². The quantitative estimate of drug-likeness (QED) is 0.149. The van der Waals surface area contributed by atoms with Crippen LogP contribution in [0.15, 0.2) is 12.2 Å². The van der Waals surface area contributed by atoms with Crippen molar-refractivity contribution in [1.29, 1.82) is 0 Å². The minimum Gasteiger partial charge on any atom is -0.0885 e. The van der Waals surface area contributed by atoms with Gasteiger partial charge in [-0.3, -0.25) is 0 Å². The lowest BCUT2D eigenvalue weighted by atomic mass is 9.89. The lowest BCUT2D eigenvalue weighted by molar-refractivity contribution is 0.373. The molecule has 26 heavy (non-hydrogen) atoms. The van der Waals surface area contributed by atoms with E-state index in [1.54, 1.807) is 0 Å². The van der Waals surface area contributed by atoms with Crippen LogP contribution < -0.4 is 0 Å². The highest BCUT2D eigenvalue weighted by Crippen LogP contribution is 2.23. The van der Waals surface area contributed by atoms with Crippen molar-refractivity contribution in [3.8, 4) is 0 Å². The van der Waals surface area contributed by atoms with Crippen molar-refractivity contribution in [2.75, 3.05) is 0 Å². The lowest BCUT2D eigenvalue weighted by Crippen LogP contribution is -2.04. The van der Waals surface area contributed by atoms with Gasteiger partial charge in [-0.05, 0) is 37.5 Å². The average molecular weight is 363 g/mol. The van der Waals surface area contributed by atoms with E-state index in [9.17, 15) is 0 Å². The van der Waals surface area contributed by atoms with Gasteiger partial charge in [-0.1, -0.05) is 130 Å². The summed E-state index contributed by atoms with van der Waals surface area (Å²) in [6.45, 7) is 12.6. The van der Waals surface area contributed by atoms with Crippen LogP contribution in [0.1, 0.15) is 129 Å². The van der Waals surface area contributed by atoms with Gasteiger partial charge in [-0.15, -0.1) is 0 Å². The van der Waals surface area contributed by atoms with E-state index in [0.29, 0.717) is 0 Å². The Hall–Kier alpha value is -0.260. The minimum atomic E-state index is 0.837. The van der Waals surface area contributed by atoms with Crippen LogP contribution in [0.25, 0.3) is 0 Å². The molecule has 0 fully saturated rings. The van der Waals surface area contributed by atoms with Crippen molar-refractivity contribution in [2.45, 2.75) is 129 Å². The smallest absolute Gasteiger partial charge is 0.0322 e. The van der Waals surface area contributed by atoms with Crippen LogP contribution in [0.5, 0.6) is 0 Å². The fourth-order valence-electron chi connectivity index (χ4n) is 3.87. The summed E-state index contributed by atoms with van der Waals surface area (Å²) in [5.74, 6) is 1.75. The Morgan fingerprint density at radius 3 is 1.65 bits per heavy atom. The predicted molar refractivity (Wildman–Crippen MR) is 121 cm³/mol. The molecular formula is C26H50. The highest BCUT2D eigenvalue weighted by Gasteiger charge is 2.09. The summed E-state index contributed by atoms with van der Waals surface area (Å²) in [7, 11) is 0. The van der Waals surface area contributed by atoms with Crippen molar-refractivity contribution in [3.63, 3.8) is 0 Å². The standard InChI is InChI=1S/C26H50/c1-5-7-9-11-13-15-17-19-21-23-26(24-25(3)4)22-20-18-16-14-12-10-8-6-2/h18,20,25-26H,1-2,5-17,19,21-24H2,3-4H3/b20-18+. The molecule has 0 amide bonds. The number of rotatable bonds is 20. The Morgan fingerprint density at radius 2 is 1.12 bits per heavy atom. The molecule has 0 aromatic heterocycles. The molecule has 0 heteroatoms. The molecule has 0 heterocycles. The van der Waals surface area contributed by atoms with Crippen LogP contribution in [0.4, 0.5) is 0 Å². The van der Waals surface area contributed by atoms with Gasteiger partial charge in [-0.2, -0.15) is 0 Å². The number of unbranched alkanes of at least 4 members (excludes halogenated alkanes) is 13. The van der Waals surface area contributed by atoms with Gasteiger partial charge in [0.15, 0.2) is 0 Å². The van der Waals surface area contributed by atoms with E-state index in [0.717, 1.165) is 24.7 Å². The van der Waals surface area contributed by atoms with Gasteiger partial charge in [0.1, 0.15) is 0 Å². The summed E-state index contributed by atoms with van der Waals surface area (Å²) in [5.41, 5.74) is 0. The molecule has 0 rings (SSSR count). The largest absolute Gasteiger partial charge is 0.0885 e. The summed E-state index contributed by atoms with van der Waals surface area (Å²) >= 11 is 0. The molecule has 2 radical (unpaired) electrons. The third kappa shape index (κ3) is 20.1. The fraction of sp³-hybridized carbons (Fsp3) is 0.846. The Kier molecular flexibility index (Phi) is 20.8. The molecule has 0 aromatic carbocycles. The van der Waals surface area contributed by atoms with Crippen molar-refractivity contribution >= 4 is 0 Å². The van der Waals surface area contributed by atoms with Crippen LogP contribution in [0.3, 0.4) is 0 Å². The normalized spacial score (nSPS) is 13.1. The van der Waals surface area contributed by atoms with Crippen molar-refractivity contribution in [2.24, 2.45) is 11.8 Å². The van der Waals surface area contributed by atoms with E-state index < -0.39 is 0 Å². The number of allylic oxidation sites excluding steroid dienone is 2. The molecule has 154 valence electrons. The van der Waals surface area contributed by atoms with Gasteiger partial charge in [0.05, 0.1) is 0 Å². The van der Waals surface area contributed by atoms with Crippen LogP contribution in [-0.2, 0) is 0 Å². The molecular weight excluding hydrogens is 312 g/mol. The van der Waals surface area contributed by atoms with E-state index in [4.69, 9.17) is 0 Å². The van der Waals surface area contributed by atoms with Crippen LogP contribution in [-0.4, -0.2) is 0 Å². The van der Waals surface area contributed by atoms with Crippen LogP contribution in [0.2, 0.25) is 0 Å². The van der Waals surface area contributed by atoms with Crippen molar-refractivity contribution in [1.82, 2.24) is 0 Å². The van der Waals surface area contributed by atoms with Crippen LogP contribution in [0, 0.1) is 25.7 Å². The van der Waals surface area contributed by atoms with Gasteiger partial charge in [-0.25, -0.2) is 0 Å². The van der Waals surface area contributed by atoms with Crippen molar-refractivity contribution in [3.05, 3.63) is 26.0 Å². The molecule has 0 saturated heterocycles. The number of hydrogen-bond acceptors (Lipinski definition) is 0. The molecule has 0 aromatic rings. The molecule has 0 aliphatic carbocycles. The maximum Gasteiger partial charge on any atom is -0.0322 e. The third-order valence-corrected chi connectivity index (χ3v) is 5.42. The zero-order valence-electron chi connectivity index (χ0n) is 18.5. The monoisotopic (exact) mass is 362 g/mol. The molecule has 1 unspecified atom stereocenters. The summed E-state index contributed by atoms with van der Waals surface area (Å²) in [6, 6.07) is 0.